The number of carbonyl (C=O) groups is 1. The van der Waals surface area contributed by atoms with Crippen molar-refractivity contribution in [3.8, 4) is 11.3 Å². The summed E-state index contributed by atoms with van der Waals surface area (Å²) in [5.41, 5.74) is 4.61. The van der Waals surface area contributed by atoms with E-state index in [1.807, 2.05) is 53.1 Å². The molecule has 1 aliphatic rings. The van der Waals surface area contributed by atoms with Crippen molar-refractivity contribution in [3.05, 3.63) is 83.0 Å². The molecule has 1 aromatic carbocycles. The van der Waals surface area contributed by atoms with Gasteiger partial charge in [-0.3, -0.25) is 18.9 Å². The molecule has 5 rings (SSSR count). The fraction of sp³-hybridized carbons (Fsp3) is 0.345. The molecule has 3 N–H and O–H groups in total. The molecule has 0 spiro atoms. The first-order valence-corrected chi connectivity index (χ1v) is 12.6. The molecule has 8 heteroatoms. The number of aromatic nitrogens is 3. The number of nitrogens with one attached hydrogen (secondary N) is 3. The summed E-state index contributed by atoms with van der Waals surface area (Å²) in [5, 5.41) is 6.67. The van der Waals surface area contributed by atoms with Gasteiger partial charge in [0.2, 0.25) is 5.56 Å². The number of hydrogen-bond donors (Lipinski definition) is 3. The van der Waals surface area contributed by atoms with Crippen LogP contribution in [0, 0.1) is 0 Å². The molecule has 192 valence electrons. The SMILES string of the molecule is CN1C(C)(C)CC(NC(=O)c2ccc(Nc3ccc(-c4cc[nH]c(=O)c4)n4ccnc34)cc2)CC1(C)C. The summed E-state index contributed by atoms with van der Waals surface area (Å²) < 4.78 is 1.95. The number of aromatic amines is 1. The quantitative estimate of drug-likeness (QED) is 0.367. The highest BCUT2D eigenvalue weighted by molar-refractivity contribution is 5.95. The second kappa shape index (κ2) is 9.19. The van der Waals surface area contributed by atoms with Crippen LogP contribution in [0.3, 0.4) is 0 Å². The van der Waals surface area contributed by atoms with Gasteiger partial charge in [0.05, 0.1) is 11.4 Å². The molecule has 0 unspecified atom stereocenters. The first kappa shape index (κ1) is 24.8. The molecule has 0 atom stereocenters. The number of benzene rings is 1. The largest absolute Gasteiger partial charge is 0.352 e. The monoisotopic (exact) mass is 498 g/mol. The minimum Gasteiger partial charge on any atom is -0.352 e. The average molecular weight is 499 g/mol. The van der Waals surface area contributed by atoms with Crippen LogP contribution in [-0.2, 0) is 0 Å². The second-order valence-electron chi connectivity index (χ2n) is 11.2. The molecule has 1 aliphatic heterocycles. The summed E-state index contributed by atoms with van der Waals surface area (Å²) in [5.74, 6) is -0.0504. The number of imidazole rings is 1. The number of amides is 1. The van der Waals surface area contributed by atoms with E-state index in [1.54, 1.807) is 18.5 Å². The van der Waals surface area contributed by atoms with Crippen molar-refractivity contribution < 1.29 is 4.79 Å². The number of fused-ring (bicyclic) bond motifs is 1. The van der Waals surface area contributed by atoms with Crippen LogP contribution in [0.1, 0.15) is 50.9 Å². The van der Waals surface area contributed by atoms with Crippen LogP contribution in [0.2, 0.25) is 0 Å². The van der Waals surface area contributed by atoms with Crippen LogP contribution < -0.4 is 16.2 Å². The Morgan fingerprint density at radius 3 is 2.41 bits per heavy atom. The lowest BCUT2D eigenvalue weighted by Crippen LogP contribution is -2.62. The number of anilines is 2. The molecule has 37 heavy (non-hydrogen) atoms. The number of hydrogen-bond acceptors (Lipinski definition) is 5. The third-order valence-electron chi connectivity index (χ3n) is 7.69. The second-order valence-corrected chi connectivity index (χ2v) is 11.2. The molecular formula is C29H34N6O2. The topological polar surface area (TPSA) is 94.5 Å². The van der Waals surface area contributed by atoms with Crippen molar-refractivity contribution in [1.82, 2.24) is 24.6 Å². The van der Waals surface area contributed by atoms with Crippen molar-refractivity contribution in [3.63, 3.8) is 0 Å². The molecular weight excluding hydrogens is 464 g/mol. The van der Waals surface area contributed by atoms with Gasteiger partial charge in [0.1, 0.15) is 0 Å². The molecule has 1 fully saturated rings. The zero-order chi connectivity index (χ0) is 26.4. The minimum absolute atomic E-state index is 0.0113. The van der Waals surface area contributed by atoms with Crippen LogP contribution >= 0.6 is 0 Å². The van der Waals surface area contributed by atoms with Gasteiger partial charge in [-0.05, 0) is 90.0 Å². The van der Waals surface area contributed by atoms with E-state index in [0.717, 1.165) is 41.1 Å². The molecule has 8 nitrogen and oxygen atoms in total. The molecule has 0 saturated carbocycles. The van der Waals surface area contributed by atoms with Gasteiger partial charge >= 0.3 is 0 Å². The Kier molecular flexibility index (Phi) is 6.15. The molecule has 0 aliphatic carbocycles. The van der Waals surface area contributed by atoms with Gasteiger partial charge in [-0.15, -0.1) is 0 Å². The molecule has 1 saturated heterocycles. The lowest BCUT2D eigenvalue weighted by Gasteiger charge is -2.53. The number of pyridine rings is 2. The van der Waals surface area contributed by atoms with Crippen molar-refractivity contribution in [2.45, 2.75) is 57.7 Å². The average Bonchev–Trinajstić information content (AvgIpc) is 3.33. The normalized spacial score (nSPS) is 17.5. The Labute approximate surface area is 216 Å². The summed E-state index contributed by atoms with van der Waals surface area (Å²) in [7, 11) is 2.16. The Bertz CT molecular complexity index is 1480. The molecule has 0 radical (unpaired) electrons. The Balaban J connectivity index is 1.31. The highest BCUT2D eigenvalue weighted by Crippen LogP contribution is 2.37. The van der Waals surface area contributed by atoms with Crippen molar-refractivity contribution in [2.75, 3.05) is 12.4 Å². The van der Waals surface area contributed by atoms with Crippen molar-refractivity contribution >= 4 is 22.9 Å². The van der Waals surface area contributed by atoms with Crippen LogP contribution in [0.15, 0.2) is 71.9 Å². The van der Waals surface area contributed by atoms with Crippen LogP contribution in [0.4, 0.5) is 11.4 Å². The lowest BCUT2D eigenvalue weighted by molar-refractivity contribution is -0.0169. The lowest BCUT2D eigenvalue weighted by atomic mass is 9.77. The first-order valence-electron chi connectivity index (χ1n) is 12.6. The van der Waals surface area contributed by atoms with Gasteiger partial charge in [0, 0.05) is 58.6 Å². The number of carbonyl (C=O) groups excluding carboxylic acids is 1. The number of piperidine rings is 1. The van der Waals surface area contributed by atoms with E-state index in [1.165, 1.54) is 0 Å². The van der Waals surface area contributed by atoms with Gasteiger partial charge in [-0.2, -0.15) is 0 Å². The summed E-state index contributed by atoms with van der Waals surface area (Å²) >= 11 is 0. The summed E-state index contributed by atoms with van der Waals surface area (Å²) in [6.45, 7) is 8.93. The first-order chi connectivity index (χ1) is 17.5. The number of likely N-dealkylation sites (tertiary alicyclic amines) is 1. The van der Waals surface area contributed by atoms with E-state index in [0.29, 0.717) is 5.56 Å². The van der Waals surface area contributed by atoms with Crippen LogP contribution in [0.25, 0.3) is 16.9 Å². The minimum atomic E-state index is -0.152. The zero-order valence-corrected chi connectivity index (χ0v) is 22.0. The van der Waals surface area contributed by atoms with Crippen molar-refractivity contribution in [2.24, 2.45) is 0 Å². The Morgan fingerprint density at radius 1 is 1.03 bits per heavy atom. The standard InChI is InChI=1S/C29H34N6O2/c1-28(2)17-22(18-29(3,4)34(28)5)33-27(37)19-6-8-21(9-7-19)32-23-10-11-24(35-15-14-31-26(23)35)20-12-13-30-25(36)16-20/h6-16,22,32H,17-18H2,1-5H3,(H,30,36)(H,33,37). The van der Waals surface area contributed by atoms with Crippen LogP contribution in [-0.4, -0.2) is 49.3 Å². The van der Waals surface area contributed by atoms with E-state index in [-0.39, 0.29) is 28.6 Å². The Morgan fingerprint density at radius 2 is 1.73 bits per heavy atom. The van der Waals surface area contributed by atoms with Gasteiger partial charge in [0.15, 0.2) is 5.65 Å². The van der Waals surface area contributed by atoms with E-state index in [2.05, 4.69) is 60.2 Å². The van der Waals surface area contributed by atoms with Gasteiger partial charge in [-0.25, -0.2) is 4.98 Å². The maximum atomic E-state index is 13.0. The predicted molar refractivity (Wildman–Crippen MR) is 147 cm³/mol. The van der Waals surface area contributed by atoms with Gasteiger partial charge < -0.3 is 15.6 Å². The molecule has 3 aromatic heterocycles. The molecule has 4 aromatic rings. The fourth-order valence-corrected chi connectivity index (χ4v) is 5.55. The highest BCUT2D eigenvalue weighted by Gasteiger charge is 2.43. The number of rotatable bonds is 5. The maximum Gasteiger partial charge on any atom is 0.251 e. The smallest absolute Gasteiger partial charge is 0.251 e. The fourth-order valence-electron chi connectivity index (χ4n) is 5.55. The van der Waals surface area contributed by atoms with Crippen LogP contribution in [0.5, 0.6) is 0 Å². The third kappa shape index (κ3) is 4.89. The van der Waals surface area contributed by atoms with E-state index < -0.39 is 0 Å². The predicted octanol–water partition coefficient (Wildman–Crippen LogP) is 4.81. The summed E-state index contributed by atoms with van der Waals surface area (Å²) in [6.07, 6.45) is 7.06. The summed E-state index contributed by atoms with van der Waals surface area (Å²) in [6, 6.07) is 15.0. The van der Waals surface area contributed by atoms with Gasteiger partial charge in [-0.1, -0.05) is 0 Å². The number of H-pyrrole nitrogens is 1. The van der Waals surface area contributed by atoms with E-state index >= 15 is 0 Å². The zero-order valence-electron chi connectivity index (χ0n) is 22.0. The third-order valence-corrected chi connectivity index (χ3v) is 7.69. The molecule has 0 bridgehead atoms. The van der Waals surface area contributed by atoms with E-state index in [9.17, 15) is 9.59 Å². The molecule has 4 heterocycles. The van der Waals surface area contributed by atoms with Gasteiger partial charge in [0.25, 0.3) is 5.91 Å². The van der Waals surface area contributed by atoms with Crippen molar-refractivity contribution in [1.29, 1.82) is 0 Å². The van der Waals surface area contributed by atoms with E-state index in [4.69, 9.17) is 0 Å². The summed E-state index contributed by atoms with van der Waals surface area (Å²) in [4.78, 5) is 34.4. The maximum absolute atomic E-state index is 13.0. The molecule has 1 amide bonds. The Hall–Kier alpha value is -3.91. The number of nitrogens with zero attached hydrogens (tertiary/aromatic N) is 3. The highest BCUT2D eigenvalue weighted by atomic mass is 16.1.